The molecule has 4 aromatic rings. The summed E-state index contributed by atoms with van der Waals surface area (Å²) in [5.41, 5.74) is 2.83. The van der Waals surface area contributed by atoms with Crippen LogP contribution in [0, 0.1) is 18.3 Å². The molecule has 0 saturated carbocycles. The van der Waals surface area contributed by atoms with Gasteiger partial charge in [-0.3, -0.25) is 4.79 Å². The number of carbonyl (C=O) groups excluding carboxylic acids is 1. The van der Waals surface area contributed by atoms with E-state index in [2.05, 4.69) is 26.5 Å². The molecule has 0 spiro atoms. The van der Waals surface area contributed by atoms with Gasteiger partial charge in [0.15, 0.2) is 5.65 Å². The molecule has 0 bridgehead atoms. The molecule has 9 nitrogen and oxygen atoms in total. The molecule has 1 unspecified atom stereocenters. The lowest BCUT2D eigenvalue weighted by atomic mass is 10.00. The van der Waals surface area contributed by atoms with Crippen LogP contribution in [0.4, 0.5) is 0 Å². The predicted octanol–water partition coefficient (Wildman–Crippen LogP) is 2.76. The Bertz CT molecular complexity index is 1420. The molecule has 4 rings (SSSR count). The number of amides is 1. The number of nitriles is 1. The number of hydrogen-bond donors (Lipinski definition) is 3. The van der Waals surface area contributed by atoms with Crippen LogP contribution in [0.5, 0.6) is 0 Å². The van der Waals surface area contributed by atoms with Crippen molar-refractivity contribution in [3.05, 3.63) is 70.8 Å². The van der Waals surface area contributed by atoms with Crippen LogP contribution in [-0.2, 0) is 0 Å². The van der Waals surface area contributed by atoms with Gasteiger partial charge in [0.2, 0.25) is 0 Å². The second kappa shape index (κ2) is 9.19. The zero-order valence-corrected chi connectivity index (χ0v) is 19.2. The molecule has 1 atom stereocenters. The van der Waals surface area contributed by atoms with Crippen LogP contribution in [-0.4, -0.2) is 54.5 Å². The van der Waals surface area contributed by atoms with Gasteiger partial charge in [-0.25, -0.2) is 14.5 Å². The van der Waals surface area contributed by atoms with E-state index >= 15 is 0 Å². The predicted molar refractivity (Wildman–Crippen MR) is 126 cm³/mol. The van der Waals surface area contributed by atoms with Crippen LogP contribution >= 0.6 is 11.6 Å². The average molecular weight is 477 g/mol. The van der Waals surface area contributed by atoms with Crippen molar-refractivity contribution in [2.45, 2.75) is 19.4 Å². The number of halogens is 1. The summed E-state index contributed by atoms with van der Waals surface area (Å²) >= 11 is 6.23. The quantitative estimate of drug-likeness (QED) is 0.364. The van der Waals surface area contributed by atoms with E-state index < -0.39 is 18.1 Å². The van der Waals surface area contributed by atoms with Crippen LogP contribution in [0.15, 0.2) is 48.7 Å². The van der Waals surface area contributed by atoms with Crippen LogP contribution in [0.1, 0.15) is 28.7 Å². The van der Waals surface area contributed by atoms with Crippen LogP contribution < -0.4 is 5.32 Å². The van der Waals surface area contributed by atoms with Crippen LogP contribution in [0.3, 0.4) is 0 Å². The third kappa shape index (κ3) is 4.75. The number of fused-ring (bicyclic) bond motifs is 1. The second-order valence-electron chi connectivity index (χ2n) is 8.15. The van der Waals surface area contributed by atoms with E-state index in [1.807, 2.05) is 19.1 Å². The summed E-state index contributed by atoms with van der Waals surface area (Å²) < 4.78 is 1.55. The Kier molecular flexibility index (Phi) is 6.30. The Morgan fingerprint density at radius 3 is 2.74 bits per heavy atom. The van der Waals surface area contributed by atoms with Gasteiger partial charge in [-0.15, -0.1) is 0 Å². The monoisotopic (exact) mass is 476 g/mol. The maximum atomic E-state index is 12.7. The normalized spacial score (nSPS) is 12.8. The van der Waals surface area contributed by atoms with Crippen molar-refractivity contribution in [3.8, 4) is 28.5 Å². The first-order valence-electron chi connectivity index (χ1n) is 10.4. The Morgan fingerprint density at radius 1 is 1.24 bits per heavy atom. The molecule has 0 radical (unpaired) electrons. The highest BCUT2D eigenvalue weighted by Gasteiger charge is 2.23. The molecular formula is C24H21ClN6O3. The van der Waals surface area contributed by atoms with Crippen molar-refractivity contribution < 1.29 is 15.0 Å². The number of nitrogens with zero attached hydrogens (tertiary/aromatic N) is 5. The molecule has 34 heavy (non-hydrogen) atoms. The number of benzene rings is 1. The van der Waals surface area contributed by atoms with Crippen LogP contribution in [0.25, 0.3) is 28.0 Å². The fourth-order valence-electron chi connectivity index (χ4n) is 3.45. The van der Waals surface area contributed by atoms with Crippen molar-refractivity contribution >= 4 is 23.2 Å². The molecule has 3 heterocycles. The summed E-state index contributed by atoms with van der Waals surface area (Å²) in [5.74, 6) is -0.514. The fraction of sp³-hybridized carbons (Fsp3) is 0.208. The molecule has 0 aliphatic heterocycles. The highest BCUT2D eigenvalue weighted by molar-refractivity contribution is 6.29. The number of pyridine rings is 1. The standard InChI is InChI=1S/C24H21ClN6O3/c1-14-8-17(10-19(25)28-14)20-21(16-5-3-4-15(9-16)11-26)30-31-7-6-18(29-22(20)31)23(33)27-12-24(2,34)13-32/h3-10,32,34H,12-13H2,1-2H3,(H,27,33). The first-order valence-corrected chi connectivity index (χ1v) is 10.7. The van der Waals surface area contributed by atoms with Gasteiger partial charge in [-0.2, -0.15) is 10.4 Å². The number of aliphatic hydroxyl groups excluding tert-OH is 1. The molecule has 10 heteroatoms. The molecule has 0 aliphatic carbocycles. The number of aliphatic hydroxyl groups is 2. The summed E-state index contributed by atoms with van der Waals surface area (Å²) in [6.07, 6.45) is 1.61. The SMILES string of the molecule is Cc1cc(-c2c(-c3cccc(C#N)c3)nn3ccc(C(=O)NCC(C)(O)CO)nc23)cc(Cl)n1. The maximum Gasteiger partial charge on any atom is 0.270 e. The van der Waals surface area contributed by atoms with Gasteiger partial charge in [0.25, 0.3) is 5.91 Å². The Morgan fingerprint density at radius 2 is 2.03 bits per heavy atom. The van der Waals surface area contributed by atoms with E-state index in [0.717, 1.165) is 0 Å². The van der Waals surface area contributed by atoms with E-state index in [-0.39, 0.29) is 12.2 Å². The summed E-state index contributed by atoms with van der Waals surface area (Å²) in [6.45, 7) is 2.58. The van der Waals surface area contributed by atoms with E-state index in [4.69, 9.17) is 11.6 Å². The van der Waals surface area contributed by atoms with Crippen molar-refractivity contribution in [1.82, 2.24) is 24.9 Å². The first kappa shape index (κ1) is 23.3. The zero-order chi connectivity index (χ0) is 24.5. The van der Waals surface area contributed by atoms with Crippen molar-refractivity contribution in [2.24, 2.45) is 0 Å². The largest absolute Gasteiger partial charge is 0.393 e. The van der Waals surface area contributed by atoms with Crippen molar-refractivity contribution in [1.29, 1.82) is 5.26 Å². The first-order chi connectivity index (χ1) is 16.2. The number of carbonyl (C=O) groups is 1. The molecule has 1 amide bonds. The lowest BCUT2D eigenvalue weighted by molar-refractivity contribution is 0.00316. The minimum Gasteiger partial charge on any atom is -0.393 e. The molecular weight excluding hydrogens is 456 g/mol. The topological polar surface area (TPSA) is 136 Å². The van der Waals surface area contributed by atoms with Gasteiger partial charge in [-0.05, 0) is 49.7 Å². The van der Waals surface area contributed by atoms with Gasteiger partial charge < -0.3 is 15.5 Å². The second-order valence-corrected chi connectivity index (χ2v) is 8.54. The highest BCUT2D eigenvalue weighted by Crippen LogP contribution is 2.36. The summed E-state index contributed by atoms with van der Waals surface area (Å²) in [5, 5.41) is 36.1. The molecule has 3 aromatic heterocycles. The van der Waals surface area contributed by atoms with Gasteiger partial charge in [0.05, 0.1) is 23.8 Å². The maximum absolute atomic E-state index is 12.7. The van der Waals surface area contributed by atoms with Crippen molar-refractivity contribution in [3.63, 3.8) is 0 Å². The van der Waals surface area contributed by atoms with E-state index in [0.29, 0.717) is 44.4 Å². The molecule has 0 fully saturated rings. The lowest BCUT2D eigenvalue weighted by Gasteiger charge is -2.20. The molecule has 172 valence electrons. The minimum absolute atomic E-state index is 0.108. The molecule has 3 N–H and O–H groups in total. The summed E-state index contributed by atoms with van der Waals surface area (Å²) in [4.78, 5) is 21.5. The minimum atomic E-state index is -1.45. The smallest absolute Gasteiger partial charge is 0.270 e. The molecule has 0 saturated heterocycles. The Labute approximate surface area is 200 Å². The third-order valence-corrected chi connectivity index (χ3v) is 5.36. The third-order valence-electron chi connectivity index (χ3n) is 5.16. The average Bonchev–Trinajstić information content (AvgIpc) is 3.21. The Balaban J connectivity index is 1.89. The van der Waals surface area contributed by atoms with Gasteiger partial charge >= 0.3 is 0 Å². The molecule has 1 aromatic carbocycles. The number of hydrogen-bond acceptors (Lipinski definition) is 7. The van der Waals surface area contributed by atoms with Gasteiger partial charge in [0, 0.05) is 24.0 Å². The van der Waals surface area contributed by atoms with Crippen molar-refractivity contribution in [2.75, 3.05) is 13.2 Å². The number of nitrogens with one attached hydrogen (secondary N) is 1. The lowest BCUT2D eigenvalue weighted by Crippen LogP contribution is -2.43. The van der Waals surface area contributed by atoms with Crippen LogP contribution in [0.2, 0.25) is 5.15 Å². The Hall–Kier alpha value is -3.84. The van der Waals surface area contributed by atoms with E-state index in [1.54, 1.807) is 35.0 Å². The van der Waals surface area contributed by atoms with Gasteiger partial charge in [0.1, 0.15) is 22.1 Å². The zero-order valence-electron chi connectivity index (χ0n) is 18.4. The fourth-order valence-corrected chi connectivity index (χ4v) is 3.70. The number of aryl methyl sites for hydroxylation is 1. The van der Waals surface area contributed by atoms with E-state index in [9.17, 15) is 20.3 Å². The number of rotatable bonds is 6. The number of aromatic nitrogens is 4. The summed E-state index contributed by atoms with van der Waals surface area (Å²) in [7, 11) is 0. The van der Waals surface area contributed by atoms with E-state index in [1.165, 1.54) is 13.0 Å². The molecule has 0 aliphatic rings. The van der Waals surface area contributed by atoms with Gasteiger partial charge in [-0.1, -0.05) is 23.7 Å². The highest BCUT2D eigenvalue weighted by atomic mass is 35.5. The summed E-state index contributed by atoms with van der Waals surface area (Å²) in [6, 6.07) is 14.2.